The van der Waals surface area contributed by atoms with Gasteiger partial charge in [0.05, 0.1) is 11.6 Å². The van der Waals surface area contributed by atoms with Crippen molar-refractivity contribution < 1.29 is 4.79 Å². The van der Waals surface area contributed by atoms with Crippen LogP contribution in [0.15, 0.2) is 36.7 Å². The molecule has 140 valence electrons. The molecule has 0 spiro atoms. The number of carbonyl (C=O) groups excluding carboxylic acids is 1. The molecule has 1 saturated carbocycles. The van der Waals surface area contributed by atoms with Crippen molar-refractivity contribution in [3.05, 3.63) is 42.2 Å². The number of fused-ring (bicyclic) bond motifs is 1. The summed E-state index contributed by atoms with van der Waals surface area (Å²) in [6.07, 6.45) is 7.94. The molecule has 27 heavy (non-hydrogen) atoms. The highest BCUT2D eigenvalue weighted by Crippen LogP contribution is 2.26. The predicted molar refractivity (Wildman–Crippen MR) is 103 cm³/mol. The van der Waals surface area contributed by atoms with Crippen molar-refractivity contribution in [2.75, 3.05) is 5.32 Å². The van der Waals surface area contributed by atoms with Crippen LogP contribution in [0, 0.1) is 5.92 Å². The number of amides is 1. The molecule has 8 heteroatoms. The molecule has 5 N–H and O–H groups in total. The van der Waals surface area contributed by atoms with Crippen molar-refractivity contribution in [2.24, 2.45) is 17.4 Å². The van der Waals surface area contributed by atoms with Crippen LogP contribution < -0.4 is 16.8 Å². The second-order valence-corrected chi connectivity index (χ2v) is 7.15. The van der Waals surface area contributed by atoms with E-state index in [1.54, 1.807) is 30.6 Å². The summed E-state index contributed by atoms with van der Waals surface area (Å²) in [5.74, 6) is 0.559. The van der Waals surface area contributed by atoms with E-state index in [2.05, 4.69) is 20.4 Å². The second-order valence-electron chi connectivity index (χ2n) is 7.15. The molecule has 1 aromatic carbocycles. The summed E-state index contributed by atoms with van der Waals surface area (Å²) in [5.41, 5.74) is 13.3. The molecule has 0 radical (unpaired) electrons. The summed E-state index contributed by atoms with van der Waals surface area (Å²) in [5, 5.41) is 8.52. The molecule has 0 unspecified atom stereocenters. The first kappa shape index (κ1) is 17.4. The Morgan fingerprint density at radius 1 is 1.22 bits per heavy atom. The van der Waals surface area contributed by atoms with E-state index in [1.165, 1.54) is 0 Å². The van der Waals surface area contributed by atoms with Crippen LogP contribution in [0.2, 0.25) is 0 Å². The molecule has 0 aliphatic heterocycles. The maximum absolute atomic E-state index is 11.3. The highest BCUT2D eigenvalue weighted by molar-refractivity contribution is 5.93. The van der Waals surface area contributed by atoms with Gasteiger partial charge in [-0.25, -0.2) is 9.67 Å². The Kier molecular flexibility index (Phi) is 4.72. The molecule has 0 atom stereocenters. The molecule has 1 amide bonds. The fourth-order valence-electron chi connectivity index (χ4n) is 3.56. The minimum Gasteiger partial charge on any atom is -0.366 e. The zero-order valence-corrected chi connectivity index (χ0v) is 15.0. The number of nitrogens with zero attached hydrogens (tertiary/aromatic N) is 4. The lowest BCUT2D eigenvalue weighted by atomic mass is 9.86. The van der Waals surface area contributed by atoms with E-state index in [9.17, 15) is 4.79 Å². The van der Waals surface area contributed by atoms with Crippen molar-refractivity contribution in [3.8, 4) is 0 Å². The molecule has 1 aliphatic rings. The molecule has 1 aliphatic carbocycles. The number of aromatic nitrogens is 4. The lowest BCUT2D eigenvalue weighted by Gasteiger charge is -2.25. The van der Waals surface area contributed by atoms with Gasteiger partial charge in [0.25, 0.3) is 0 Å². The number of primary amides is 1. The lowest BCUT2D eigenvalue weighted by Crippen LogP contribution is -2.28. The third-order valence-electron chi connectivity index (χ3n) is 5.10. The van der Waals surface area contributed by atoms with E-state index in [0.717, 1.165) is 43.3 Å². The highest BCUT2D eigenvalue weighted by atomic mass is 16.1. The average molecular weight is 365 g/mol. The first-order valence-corrected chi connectivity index (χ1v) is 9.19. The van der Waals surface area contributed by atoms with Crippen molar-refractivity contribution in [3.63, 3.8) is 0 Å². The lowest BCUT2D eigenvalue weighted by molar-refractivity contribution is 0.100. The average Bonchev–Trinajstić information content (AvgIpc) is 3.06. The van der Waals surface area contributed by atoms with Gasteiger partial charge in [-0.3, -0.25) is 4.79 Å². The molecular weight excluding hydrogens is 342 g/mol. The number of hydrogen-bond donors (Lipinski definition) is 3. The van der Waals surface area contributed by atoms with Crippen LogP contribution in [0.1, 0.15) is 36.0 Å². The Bertz CT molecular complexity index is 960. The van der Waals surface area contributed by atoms with E-state index < -0.39 is 5.91 Å². The summed E-state index contributed by atoms with van der Waals surface area (Å²) in [6, 6.07) is 7.29. The van der Waals surface area contributed by atoms with Gasteiger partial charge >= 0.3 is 0 Å². The van der Waals surface area contributed by atoms with E-state index in [-0.39, 0.29) is 0 Å². The Morgan fingerprint density at radius 2 is 2.04 bits per heavy atom. The molecule has 4 rings (SSSR count). The number of rotatable bonds is 5. The zero-order valence-electron chi connectivity index (χ0n) is 15.0. The Balaban J connectivity index is 1.55. The highest BCUT2D eigenvalue weighted by Gasteiger charge is 2.20. The molecule has 3 aromatic rings. The molecule has 1 fully saturated rings. The minimum absolute atomic E-state index is 0.338. The fraction of sp³-hybridized carbons (Fsp3) is 0.368. The monoisotopic (exact) mass is 365 g/mol. The molecule has 2 heterocycles. The SMILES string of the molecule is NC(=O)c1cccc(Nc2ncc3cnn(CC4CCC(N)CC4)c3n2)c1. The third-order valence-corrected chi connectivity index (χ3v) is 5.10. The summed E-state index contributed by atoms with van der Waals surface area (Å²) in [4.78, 5) is 20.3. The number of nitrogens with one attached hydrogen (secondary N) is 1. The van der Waals surface area contributed by atoms with Gasteiger partial charge < -0.3 is 16.8 Å². The van der Waals surface area contributed by atoms with Crippen LogP contribution in [0.25, 0.3) is 11.0 Å². The topological polar surface area (TPSA) is 125 Å². The van der Waals surface area contributed by atoms with E-state index in [1.807, 2.05) is 10.7 Å². The summed E-state index contributed by atoms with van der Waals surface area (Å²) < 4.78 is 1.95. The molecule has 0 saturated heterocycles. The predicted octanol–water partition coefficient (Wildman–Crippen LogP) is 2.19. The van der Waals surface area contributed by atoms with Crippen molar-refractivity contribution >= 4 is 28.6 Å². The maximum atomic E-state index is 11.3. The number of carbonyl (C=O) groups is 1. The first-order valence-electron chi connectivity index (χ1n) is 9.19. The number of nitrogens with two attached hydrogens (primary N) is 2. The van der Waals surface area contributed by atoms with E-state index >= 15 is 0 Å². The van der Waals surface area contributed by atoms with Crippen molar-refractivity contribution in [2.45, 2.75) is 38.3 Å². The molecule has 2 aromatic heterocycles. The summed E-state index contributed by atoms with van der Waals surface area (Å²) in [7, 11) is 0. The Hall–Kier alpha value is -3.00. The van der Waals surface area contributed by atoms with Gasteiger partial charge in [-0.1, -0.05) is 6.07 Å². The normalized spacial score (nSPS) is 19.9. The van der Waals surface area contributed by atoms with Crippen LogP contribution >= 0.6 is 0 Å². The Labute approximate surface area is 157 Å². The standard InChI is InChI=1S/C19H23N7O/c20-15-6-4-12(5-7-15)11-26-18-14(10-23-26)9-22-19(25-18)24-16-3-1-2-13(8-16)17(21)27/h1-3,8-10,12,15H,4-7,11,20H2,(H2,21,27)(H,22,24,25). The third kappa shape index (κ3) is 3.90. The van der Waals surface area contributed by atoms with Crippen molar-refractivity contribution in [1.29, 1.82) is 0 Å². The first-order chi connectivity index (χ1) is 13.1. The minimum atomic E-state index is -0.472. The second kappa shape index (κ2) is 7.32. The van der Waals surface area contributed by atoms with Gasteiger partial charge in [-0.05, 0) is 49.8 Å². The van der Waals surface area contributed by atoms with E-state index in [0.29, 0.717) is 29.2 Å². The van der Waals surface area contributed by atoms with Crippen LogP contribution in [0.5, 0.6) is 0 Å². The van der Waals surface area contributed by atoms with Crippen LogP contribution in [0.3, 0.4) is 0 Å². The zero-order chi connectivity index (χ0) is 18.8. The van der Waals surface area contributed by atoms with Crippen LogP contribution in [-0.2, 0) is 6.54 Å². The smallest absolute Gasteiger partial charge is 0.248 e. The molecule has 8 nitrogen and oxygen atoms in total. The number of anilines is 2. The van der Waals surface area contributed by atoms with Gasteiger partial charge in [0.1, 0.15) is 0 Å². The van der Waals surface area contributed by atoms with Gasteiger partial charge in [-0.2, -0.15) is 10.1 Å². The van der Waals surface area contributed by atoms with E-state index in [4.69, 9.17) is 11.5 Å². The van der Waals surface area contributed by atoms with Gasteiger partial charge in [0.15, 0.2) is 5.65 Å². The summed E-state index contributed by atoms with van der Waals surface area (Å²) >= 11 is 0. The Morgan fingerprint density at radius 3 is 2.81 bits per heavy atom. The summed E-state index contributed by atoms with van der Waals surface area (Å²) in [6.45, 7) is 0.837. The maximum Gasteiger partial charge on any atom is 0.248 e. The molecule has 0 bridgehead atoms. The van der Waals surface area contributed by atoms with Crippen LogP contribution in [-0.4, -0.2) is 31.7 Å². The molecular formula is C19H23N7O. The van der Waals surface area contributed by atoms with Crippen molar-refractivity contribution in [1.82, 2.24) is 19.7 Å². The van der Waals surface area contributed by atoms with Gasteiger partial charge in [0, 0.05) is 30.0 Å². The number of benzene rings is 1. The van der Waals surface area contributed by atoms with Gasteiger partial charge in [-0.15, -0.1) is 0 Å². The van der Waals surface area contributed by atoms with Crippen LogP contribution in [0.4, 0.5) is 11.6 Å². The fourth-order valence-corrected chi connectivity index (χ4v) is 3.56. The quantitative estimate of drug-likeness (QED) is 0.636. The largest absolute Gasteiger partial charge is 0.366 e. The van der Waals surface area contributed by atoms with Gasteiger partial charge in [0.2, 0.25) is 11.9 Å². The number of hydrogen-bond acceptors (Lipinski definition) is 6.